The average molecular weight is 875 g/mol. The highest BCUT2D eigenvalue weighted by Gasteiger charge is 2.39. The molecule has 0 radical (unpaired) electrons. The molecule has 5 heterocycles. The number of fused-ring (bicyclic) bond motifs is 2. The quantitative estimate of drug-likeness (QED) is 0.0757. The number of methoxy groups -OCH3 is 1. The number of hydrogen-bond donors (Lipinski definition) is 4. The fourth-order valence-corrected chi connectivity index (χ4v) is 10.9. The van der Waals surface area contributed by atoms with E-state index < -0.39 is 21.8 Å². The largest absolute Gasteiger partial charge is 0.493 e. The monoisotopic (exact) mass is 874 g/mol. The van der Waals surface area contributed by atoms with E-state index in [1.807, 2.05) is 36.5 Å². The van der Waals surface area contributed by atoms with Crippen molar-refractivity contribution >= 4 is 60.6 Å². The summed E-state index contributed by atoms with van der Waals surface area (Å²) in [6.07, 6.45) is 9.51. The average Bonchev–Trinajstić information content (AvgIpc) is 3.83. The number of carbonyl (C=O) groups is 4. The molecule has 2 aromatic heterocycles. The van der Waals surface area contributed by atoms with Gasteiger partial charge in [0.1, 0.15) is 15.9 Å². The summed E-state index contributed by atoms with van der Waals surface area (Å²) in [6.45, 7) is 2.04. The van der Waals surface area contributed by atoms with Crippen LogP contribution in [0, 0.1) is 0 Å². The first-order valence-corrected chi connectivity index (χ1v) is 23.7. The summed E-state index contributed by atoms with van der Waals surface area (Å²) in [5.74, 6) is 0.175. The number of anilines is 1. The van der Waals surface area contributed by atoms with Gasteiger partial charge in [-0.05, 0) is 68.0 Å². The Morgan fingerprint density at radius 1 is 0.918 bits per heavy atom. The van der Waals surface area contributed by atoms with Crippen molar-refractivity contribution in [1.82, 2.24) is 25.4 Å². The molecule has 4 N–H and O–H groups in total. The second kappa shape index (κ2) is 19.6. The van der Waals surface area contributed by atoms with Gasteiger partial charge < -0.3 is 34.9 Å². The lowest BCUT2D eigenvalue weighted by molar-refractivity contribution is -0.137. The van der Waals surface area contributed by atoms with Gasteiger partial charge in [0.15, 0.2) is 18.1 Å². The lowest BCUT2D eigenvalue weighted by Crippen LogP contribution is -2.52. The van der Waals surface area contributed by atoms with Gasteiger partial charge in [0, 0.05) is 83.8 Å². The van der Waals surface area contributed by atoms with Crippen LogP contribution in [0.5, 0.6) is 11.5 Å². The Balaban J connectivity index is 0.803. The Morgan fingerprint density at radius 3 is 2.43 bits per heavy atom. The van der Waals surface area contributed by atoms with Crippen molar-refractivity contribution in [3.05, 3.63) is 75.0 Å². The lowest BCUT2D eigenvalue weighted by Gasteiger charge is -2.29. The van der Waals surface area contributed by atoms with Gasteiger partial charge in [-0.3, -0.25) is 29.3 Å². The minimum atomic E-state index is -2.94. The second-order valence-electron chi connectivity index (χ2n) is 16.0. The van der Waals surface area contributed by atoms with Gasteiger partial charge in [-0.15, -0.1) is 11.3 Å². The fourth-order valence-electron chi connectivity index (χ4n) is 8.24. The molecule has 0 spiro atoms. The number of nitrogens with one attached hydrogen (secondary N) is 4. The standard InChI is InChI=1S/C44H54N6O9S2/c1-49-25-33(41-32(43(49)54)23-30(60-41)24-47-29-16-20-61(56,57)21-17-29)28-12-14-37(38(22-28)58-2)59-27-40(52)46-19-8-6-4-3-5-7-18-45-35-11-9-10-31-34(35)26-50(44(31)55)36-13-15-39(51)48-42(36)53/h9-12,14,22-23,25,29,36,45,47H,3-8,13,15-21,24,26-27H2,1-2H3,(H,46,52)(H,48,51,53). The number of carbonyl (C=O) groups excluding carboxylic acids is 4. The summed E-state index contributed by atoms with van der Waals surface area (Å²) >= 11 is 1.54. The van der Waals surface area contributed by atoms with E-state index in [1.54, 1.807) is 35.8 Å². The lowest BCUT2D eigenvalue weighted by atomic mass is 10.0. The van der Waals surface area contributed by atoms with Gasteiger partial charge in [0.25, 0.3) is 17.4 Å². The van der Waals surface area contributed by atoms with Crippen molar-refractivity contribution in [2.45, 2.75) is 89.4 Å². The zero-order valence-corrected chi connectivity index (χ0v) is 36.3. The zero-order chi connectivity index (χ0) is 43.1. The number of aryl methyl sites for hydroxylation is 1. The van der Waals surface area contributed by atoms with E-state index in [1.165, 1.54) is 11.3 Å². The van der Waals surface area contributed by atoms with E-state index in [4.69, 9.17) is 9.47 Å². The van der Waals surface area contributed by atoms with Gasteiger partial charge in [-0.2, -0.15) is 0 Å². The van der Waals surface area contributed by atoms with Gasteiger partial charge in [0.05, 0.1) is 24.0 Å². The molecule has 1 unspecified atom stereocenters. The molecule has 0 saturated carbocycles. The van der Waals surface area contributed by atoms with Crippen LogP contribution in [0.15, 0.2) is 53.5 Å². The molecule has 2 fully saturated rings. The predicted molar refractivity (Wildman–Crippen MR) is 235 cm³/mol. The number of imide groups is 1. The van der Waals surface area contributed by atoms with Crippen molar-refractivity contribution in [3.8, 4) is 22.6 Å². The Kier molecular flexibility index (Phi) is 14.1. The molecule has 15 nitrogen and oxygen atoms in total. The highest BCUT2D eigenvalue weighted by atomic mass is 32.2. The number of rotatable bonds is 19. The molecule has 1 atom stereocenters. The molecule has 4 amide bonds. The molecular formula is C44H54N6O9S2. The van der Waals surface area contributed by atoms with Crippen LogP contribution in [-0.4, -0.2) is 91.9 Å². The molecule has 7 rings (SSSR count). The number of benzene rings is 2. The highest BCUT2D eigenvalue weighted by molar-refractivity contribution is 7.91. The molecular weight excluding hydrogens is 821 g/mol. The van der Waals surface area contributed by atoms with E-state index in [9.17, 15) is 32.4 Å². The normalized spacial score (nSPS) is 17.6. The van der Waals surface area contributed by atoms with Gasteiger partial charge in [-0.25, -0.2) is 8.42 Å². The van der Waals surface area contributed by atoms with Crippen molar-refractivity contribution in [2.24, 2.45) is 7.05 Å². The molecule has 0 aliphatic carbocycles. The molecule has 2 aromatic carbocycles. The van der Waals surface area contributed by atoms with Crippen LogP contribution in [-0.2, 0) is 44.4 Å². The van der Waals surface area contributed by atoms with Gasteiger partial charge in [0.2, 0.25) is 11.8 Å². The maximum atomic E-state index is 13.1. The molecule has 61 heavy (non-hydrogen) atoms. The van der Waals surface area contributed by atoms with Crippen LogP contribution in [0.1, 0.15) is 85.0 Å². The summed E-state index contributed by atoms with van der Waals surface area (Å²) in [4.78, 5) is 65.4. The van der Waals surface area contributed by atoms with E-state index in [2.05, 4.69) is 21.3 Å². The van der Waals surface area contributed by atoms with Crippen molar-refractivity contribution in [1.29, 1.82) is 0 Å². The number of unbranched alkanes of at least 4 members (excludes halogenated alkanes) is 5. The van der Waals surface area contributed by atoms with Crippen LogP contribution in [0.25, 0.3) is 21.2 Å². The number of aromatic nitrogens is 1. The maximum Gasteiger partial charge on any atom is 0.259 e. The summed E-state index contributed by atoms with van der Waals surface area (Å²) in [5.41, 5.74) is 3.99. The first-order valence-electron chi connectivity index (χ1n) is 21.0. The number of hydrogen-bond acceptors (Lipinski definition) is 12. The number of piperidine rings is 1. The highest BCUT2D eigenvalue weighted by Crippen LogP contribution is 2.38. The van der Waals surface area contributed by atoms with E-state index >= 15 is 0 Å². The maximum absolute atomic E-state index is 13.1. The molecule has 0 bridgehead atoms. The minimum Gasteiger partial charge on any atom is -0.493 e. The SMILES string of the molecule is COc1cc(-c2cn(C)c(=O)c3cc(CNC4CCS(=O)(=O)CC4)sc23)ccc1OCC(=O)NCCCCCCCCNc1cccc2c1CN(C1CCC(=O)NC1=O)C2=O. The Labute approximate surface area is 359 Å². The van der Waals surface area contributed by atoms with Gasteiger partial charge in [-0.1, -0.05) is 37.8 Å². The van der Waals surface area contributed by atoms with Crippen molar-refractivity contribution in [3.63, 3.8) is 0 Å². The molecule has 3 aliphatic rings. The molecule has 326 valence electrons. The summed E-state index contributed by atoms with van der Waals surface area (Å²) < 4.78 is 37.6. The van der Waals surface area contributed by atoms with Crippen LogP contribution in [0.2, 0.25) is 0 Å². The topological polar surface area (TPSA) is 194 Å². The molecule has 17 heteroatoms. The summed E-state index contributed by atoms with van der Waals surface area (Å²) in [5, 5.41) is 12.8. The third-order valence-electron chi connectivity index (χ3n) is 11.7. The van der Waals surface area contributed by atoms with Crippen molar-refractivity contribution < 1.29 is 37.1 Å². The third kappa shape index (κ3) is 10.6. The first-order chi connectivity index (χ1) is 29.4. The van der Waals surface area contributed by atoms with Crippen LogP contribution in [0.3, 0.4) is 0 Å². The van der Waals surface area contributed by atoms with E-state index in [0.29, 0.717) is 61.3 Å². The van der Waals surface area contributed by atoms with Gasteiger partial charge >= 0.3 is 0 Å². The third-order valence-corrected chi connectivity index (χ3v) is 14.6. The molecule has 2 saturated heterocycles. The molecule has 4 aromatic rings. The Morgan fingerprint density at radius 2 is 1.67 bits per heavy atom. The smallest absolute Gasteiger partial charge is 0.259 e. The number of sulfone groups is 1. The molecule has 3 aliphatic heterocycles. The summed E-state index contributed by atoms with van der Waals surface area (Å²) in [7, 11) is 0.326. The van der Waals surface area contributed by atoms with E-state index in [-0.39, 0.29) is 53.9 Å². The van der Waals surface area contributed by atoms with Crippen LogP contribution < -0.4 is 36.3 Å². The van der Waals surface area contributed by atoms with Crippen LogP contribution >= 0.6 is 11.3 Å². The van der Waals surface area contributed by atoms with Crippen LogP contribution in [0.4, 0.5) is 5.69 Å². The second-order valence-corrected chi connectivity index (χ2v) is 19.4. The number of ether oxygens (including phenoxy) is 2. The first kappa shape index (κ1) is 43.8. The number of amides is 4. The Bertz CT molecular complexity index is 2450. The van der Waals surface area contributed by atoms with Crippen molar-refractivity contribution in [2.75, 3.05) is 43.6 Å². The fraction of sp³-hybridized carbons (Fsp3) is 0.477. The zero-order valence-electron chi connectivity index (χ0n) is 34.7. The summed E-state index contributed by atoms with van der Waals surface area (Å²) in [6, 6.07) is 12.5. The Hall–Kier alpha value is -5.26. The number of pyridine rings is 1. The number of nitrogens with zero attached hydrogens (tertiary/aromatic N) is 2. The number of thiophene rings is 1. The van der Waals surface area contributed by atoms with E-state index in [0.717, 1.165) is 77.0 Å². The minimum absolute atomic E-state index is 0.0938. The predicted octanol–water partition coefficient (Wildman–Crippen LogP) is 4.65.